The number of methoxy groups -OCH3 is 2. The van der Waals surface area contributed by atoms with Gasteiger partial charge in [-0.3, -0.25) is 9.59 Å². The molecular formula is C21H25N3O5. The third-order valence-corrected chi connectivity index (χ3v) is 4.56. The lowest BCUT2D eigenvalue weighted by Gasteiger charge is -2.21. The lowest BCUT2D eigenvalue weighted by atomic mass is 10.1. The number of rotatable bonds is 8. The minimum Gasteiger partial charge on any atom is -0.493 e. The maximum atomic E-state index is 13.0. The van der Waals surface area contributed by atoms with Crippen molar-refractivity contribution in [3.8, 4) is 17.4 Å². The predicted octanol–water partition coefficient (Wildman–Crippen LogP) is 2.66. The number of hydrogen-bond donors (Lipinski definition) is 1. The van der Waals surface area contributed by atoms with Crippen molar-refractivity contribution in [2.45, 2.75) is 25.8 Å². The maximum absolute atomic E-state index is 13.0. The van der Waals surface area contributed by atoms with Gasteiger partial charge in [0.25, 0.3) is 0 Å². The van der Waals surface area contributed by atoms with E-state index >= 15 is 0 Å². The van der Waals surface area contributed by atoms with Gasteiger partial charge in [-0.25, -0.2) is 4.98 Å². The zero-order valence-corrected chi connectivity index (χ0v) is 16.6. The van der Waals surface area contributed by atoms with E-state index < -0.39 is 0 Å². The minimum absolute atomic E-state index is 0.0871. The number of carbonyl (C=O) groups excluding carboxylic acids is 2. The third-order valence-electron chi connectivity index (χ3n) is 4.56. The lowest BCUT2D eigenvalue weighted by molar-refractivity contribution is -0.125. The highest BCUT2D eigenvalue weighted by Gasteiger charge is 2.27. The Bertz CT molecular complexity index is 871. The number of fused-ring (bicyclic) bond motifs is 2. The van der Waals surface area contributed by atoms with Crippen LogP contribution in [-0.2, 0) is 20.9 Å². The van der Waals surface area contributed by atoms with Crippen LogP contribution in [0.5, 0.6) is 17.4 Å². The minimum atomic E-state index is -0.175. The highest BCUT2D eigenvalue weighted by molar-refractivity contribution is 5.96. The summed E-state index contributed by atoms with van der Waals surface area (Å²) in [5.41, 5.74) is 1.37. The average Bonchev–Trinajstić information content (AvgIpc) is 2.91. The SMILES string of the molecule is COCCCNC(=O)CCC(=O)N1Cc2cccc(OC)c2Oc2ncccc21. The number of anilines is 1. The van der Waals surface area contributed by atoms with Crippen LogP contribution in [0.25, 0.3) is 0 Å². The number of nitrogens with one attached hydrogen (secondary N) is 1. The average molecular weight is 399 g/mol. The van der Waals surface area contributed by atoms with Gasteiger partial charge in [0, 0.05) is 44.9 Å². The van der Waals surface area contributed by atoms with E-state index in [1.165, 1.54) is 0 Å². The van der Waals surface area contributed by atoms with Crippen molar-refractivity contribution in [3.05, 3.63) is 42.1 Å². The first-order valence-electron chi connectivity index (χ1n) is 9.48. The zero-order valence-electron chi connectivity index (χ0n) is 16.6. The molecule has 1 aromatic carbocycles. The molecule has 8 nitrogen and oxygen atoms in total. The predicted molar refractivity (Wildman–Crippen MR) is 107 cm³/mol. The lowest BCUT2D eigenvalue weighted by Crippen LogP contribution is -2.32. The Kier molecular flexibility index (Phi) is 7.02. The summed E-state index contributed by atoms with van der Waals surface area (Å²) in [5, 5.41) is 2.79. The van der Waals surface area contributed by atoms with Crippen LogP contribution in [-0.4, -0.2) is 44.2 Å². The summed E-state index contributed by atoms with van der Waals surface area (Å²) in [5.74, 6) is 1.11. The van der Waals surface area contributed by atoms with E-state index in [0.717, 1.165) is 12.0 Å². The van der Waals surface area contributed by atoms with Crippen LogP contribution in [0.15, 0.2) is 36.5 Å². The fraction of sp³-hybridized carbons (Fsp3) is 0.381. The molecule has 0 aliphatic carbocycles. The van der Waals surface area contributed by atoms with Gasteiger partial charge in [-0.1, -0.05) is 12.1 Å². The van der Waals surface area contributed by atoms with Gasteiger partial charge < -0.3 is 24.4 Å². The molecule has 154 valence electrons. The van der Waals surface area contributed by atoms with Gasteiger partial charge >= 0.3 is 0 Å². The second-order valence-electron chi connectivity index (χ2n) is 6.55. The number of nitrogens with zero attached hydrogens (tertiary/aromatic N) is 2. The van der Waals surface area contributed by atoms with Gasteiger partial charge in [0.15, 0.2) is 11.5 Å². The first-order chi connectivity index (χ1) is 14.1. The Morgan fingerprint density at radius 2 is 2.07 bits per heavy atom. The molecule has 1 aliphatic rings. The molecule has 8 heteroatoms. The molecule has 2 heterocycles. The Morgan fingerprint density at radius 1 is 1.21 bits per heavy atom. The van der Waals surface area contributed by atoms with Crippen molar-refractivity contribution >= 4 is 17.5 Å². The van der Waals surface area contributed by atoms with Crippen LogP contribution >= 0.6 is 0 Å². The highest BCUT2D eigenvalue weighted by atomic mass is 16.5. The first kappa shape index (κ1) is 20.6. The summed E-state index contributed by atoms with van der Waals surface area (Å²) >= 11 is 0. The standard InChI is InChI=1S/C21H25N3O5/c1-27-13-5-12-22-18(25)9-10-19(26)24-14-15-6-3-8-17(28-2)20(15)29-21-16(24)7-4-11-23-21/h3-4,6-8,11H,5,9-10,12-14H2,1-2H3,(H,22,25). The molecule has 0 unspecified atom stereocenters. The summed E-state index contributed by atoms with van der Waals surface area (Å²) in [4.78, 5) is 30.9. The van der Waals surface area contributed by atoms with Crippen LogP contribution in [0, 0.1) is 0 Å². The molecule has 29 heavy (non-hydrogen) atoms. The van der Waals surface area contributed by atoms with E-state index in [2.05, 4.69) is 10.3 Å². The normalized spacial score (nSPS) is 12.3. The number of hydrogen-bond acceptors (Lipinski definition) is 6. The fourth-order valence-corrected chi connectivity index (χ4v) is 3.09. The smallest absolute Gasteiger partial charge is 0.243 e. The molecule has 1 aromatic heterocycles. The van der Waals surface area contributed by atoms with Gasteiger partial charge in [0.05, 0.1) is 13.7 Å². The number of ether oxygens (including phenoxy) is 3. The molecule has 1 aliphatic heterocycles. The number of aromatic nitrogens is 1. The monoisotopic (exact) mass is 399 g/mol. The van der Waals surface area contributed by atoms with Crippen LogP contribution in [0.2, 0.25) is 0 Å². The van der Waals surface area contributed by atoms with Crippen molar-refractivity contribution in [2.24, 2.45) is 0 Å². The number of amides is 2. The number of para-hydroxylation sites is 1. The van der Waals surface area contributed by atoms with Gasteiger partial charge in [-0.05, 0) is 24.6 Å². The highest BCUT2D eigenvalue weighted by Crippen LogP contribution is 2.42. The quantitative estimate of drug-likeness (QED) is 0.687. The summed E-state index contributed by atoms with van der Waals surface area (Å²) in [6.45, 7) is 1.41. The number of pyridine rings is 1. The van der Waals surface area contributed by atoms with Crippen LogP contribution in [0.1, 0.15) is 24.8 Å². The number of carbonyl (C=O) groups is 2. The van der Waals surface area contributed by atoms with E-state index in [0.29, 0.717) is 42.8 Å². The Labute approximate surface area is 169 Å². The van der Waals surface area contributed by atoms with Gasteiger partial charge in [0.2, 0.25) is 17.7 Å². The van der Waals surface area contributed by atoms with Crippen molar-refractivity contribution in [3.63, 3.8) is 0 Å². The Hall–Kier alpha value is -3.13. The molecule has 3 rings (SSSR count). The molecule has 0 radical (unpaired) electrons. The van der Waals surface area contributed by atoms with E-state index in [1.54, 1.807) is 43.5 Å². The van der Waals surface area contributed by atoms with Crippen LogP contribution in [0.3, 0.4) is 0 Å². The second kappa shape index (κ2) is 9.88. The topological polar surface area (TPSA) is 90.0 Å². The molecule has 2 aromatic rings. The van der Waals surface area contributed by atoms with Crippen LogP contribution in [0.4, 0.5) is 5.69 Å². The summed E-state index contributed by atoms with van der Waals surface area (Å²) in [6, 6.07) is 9.06. The molecular weight excluding hydrogens is 374 g/mol. The largest absolute Gasteiger partial charge is 0.493 e. The molecule has 1 N–H and O–H groups in total. The van der Waals surface area contributed by atoms with Gasteiger partial charge in [-0.2, -0.15) is 0 Å². The third kappa shape index (κ3) is 5.03. The number of benzene rings is 1. The first-order valence-corrected chi connectivity index (χ1v) is 9.48. The molecule has 0 atom stereocenters. The zero-order chi connectivity index (χ0) is 20.6. The molecule has 2 amide bonds. The molecule has 0 bridgehead atoms. The van der Waals surface area contributed by atoms with Gasteiger partial charge in [-0.15, -0.1) is 0 Å². The van der Waals surface area contributed by atoms with Crippen molar-refractivity contribution < 1.29 is 23.8 Å². The fourth-order valence-electron chi connectivity index (χ4n) is 3.09. The Balaban J connectivity index is 1.74. The van der Waals surface area contributed by atoms with Crippen LogP contribution < -0.4 is 19.7 Å². The molecule has 0 fully saturated rings. The van der Waals surface area contributed by atoms with E-state index in [1.807, 2.05) is 12.1 Å². The van der Waals surface area contributed by atoms with Crippen molar-refractivity contribution in [1.82, 2.24) is 10.3 Å². The molecule has 0 saturated carbocycles. The molecule has 0 saturated heterocycles. The van der Waals surface area contributed by atoms with Gasteiger partial charge in [0.1, 0.15) is 5.69 Å². The van der Waals surface area contributed by atoms with Crippen molar-refractivity contribution in [1.29, 1.82) is 0 Å². The maximum Gasteiger partial charge on any atom is 0.243 e. The van der Waals surface area contributed by atoms with E-state index in [4.69, 9.17) is 14.2 Å². The second-order valence-corrected chi connectivity index (χ2v) is 6.55. The summed E-state index contributed by atoms with van der Waals surface area (Å²) < 4.78 is 16.3. The summed E-state index contributed by atoms with van der Waals surface area (Å²) in [7, 11) is 3.18. The van der Waals surface area contributed by atoms with E-state index in [-0.39, 0.29) is 24.7 Å². The Morgan fingerprint density at radius 3 is 2.86 bits per heavy atom. The summed E-state index contributed by atoms with van der Waals surface area (Å²) in [6.07, 6.45) is 2.54. The van der Waals surface area contributed by atoms with E-state index in [9.17, 15) is 9.59 Å². The van der Waals surface area contributed by atoms with Crippen molar-refractivity contribution in [2.75, 3.05) is 32.3 Å². The molecule has 0 spiro atoms.